The molecule has 1 aromatic carbocycles. The van der Waals surface area contributed by atoms with Gasteiger partial charge >= 0.3 is 11.9 Å². The SMILES string of the molecule is O=C1C2C=c3c(ccn(C4CCCC4)c3=O)=NC2=CC=[N+]1c1nc(SCc2ccccc2)n[nH]1. The number of fused-ring (bicyclic) bond motifs is 2. The van der Waals surface area contributed by atoms with Crippen LogP contribution in [0.15, 0.2) is 69.3 Å². The van der Waals surface area contributed by atoms with Crippen molar-refractivity contribution in [3.8, 4) is 0 Å². The Hall–Kier alpha value is -3.59. The minimum absolute atomic E-state index is 0.0691. The number of allylic oxidation sites excluding steroid dienone is 1. The van der Waals surface area contributed by atoms with E-state index in [1.807, 2.05) is 35.0 Å². The van der Waals surface area contributed by atoms with E-state index in [2.05, 4.69) is 32.3 Å². The number of nitrogens with zero attached hydrogens (tertiary/aromatic N) is 5. The molecule has 2 aliphatic heterocycles. The Balaban J connectivity index is 1.28. The number of hydrogen-bond acceptors (Lipinski definition) is 6. The largest absolute Gasteiger partial charge is 0.425 e. The van der Waals surface area contributed by atoms with E-state index in [9.17, 15) is 9.59 Å². The van der Waals surface area contributed by atoms with Crippen LogP contribution in [0.1, 0.15) is 37.3 Å². The molecule has 1 atom stereocenters. The van der Waals surface area contributed by atoms with Gasteiger partial charge in [0.2, 0.25) is 0 Å². The van der Waals surface area contributed by atoms with Crippen LogP contribution in [0.2, 0.25) is 0 Å². The Bertz CT molecular complexity index is 1510. The van der Waals surface area contributed by atoms with Crippen LogP contribution in [-0.2, 0) is 10.5 Å². The molecule has 0 saturated heterocycles. The number of thioether (sulfide) groups is 1. The van der Waals surface area contributed by atoms with E-state index < -0.39 is 5.92 Å². The molecule has 170 valence electrons. The van der Waals surface area contributed by atoms with Gasteiger partial charge in [-0.05, 0) is 41.6 Å². The third-order valence-corrected chi connectivity index (χ3v) is 7.46. The zero-order valence-corrected chi connectivity index (χ0v) is 19.2. The molecule has 1 saturated carbocycles. The van der Waals surface area contributed by atoms with E-state index in [0.29, 0.717) is 27.4 Å². The molecule has 1 aliphatic carbocycles. The lowest BCUT2D eigenvalue weighted by Crippen LogP contribution is -2.49. The normalized spacial score (nSPS) is 19.5. The zero-order chi connectivity index (χ0) is 23.1. The Kier molecular flexibility index (Phi) is 5.33. The molecular weight excluding hydrogens is 448 g/mol. The van der Waals surface area contributed by atoms with Gasteiger partial charge in [-0.15, -0.1) is 5.10 Å². The molecule has 1 N–H and O–H groups in total. The monoisotopic (exact) mass is 471 g/mol. The van der Waals surface area contributed by atoms with Crippen molar-refractivity contribution in [2.24, 2.45) is 10.9 Å². The van der Waals surface area contributed by atoms with Gasteiger partial charge in [-0.25, -0.2) is 0 Å². The van der Waals surface area contributed by atoms with Crippen molar-refractivity contribution >= 4 is 35.9 Å². The first kappa shape index (κ1) is 21.0. The highest BCUT2D eigenvalue weighted by molar-refractivity contribution is 7.98. The van der Waals surface area contributed by atoms with Crippen molar-refractivity contribution in [3.63, 3.8) is 0 Å². The molecule has 1 fully saturated rings. The fourth-order valence-corrected chi connectivity index (χ4v) is 5.51. The third-order valence-electron chi connectivity index (χ3n) is 6.54. The number of aromatic amines is 1. The molecule has 4 heterocycles. The summed E-state index contributed by atoms with van der Waals surface area (Å²) >= 11 is 1.50. The number of hydrogen-bond donors (Lipinski definition) is 1. The molecule has 1 amide bonds. The van der Waals surface area contributed by atoms with E-state index in [-0.39, 0.29) is 17.5 Å². The highest BCUT2D eigenvalue weighted by Gasteiger charge is 2.34. The lowest BCUT2D eigenvalue weighted by atomic mass is 9.98. The van der Waals surface area contributed by atoms with Crippen LogP contribution in [0.3, 0.4) is 0 Å². The lowest BCUT2D eigenvalue weighted by molar-refractivity contribution is -0.373. The minimum atomic E-state index is -0.629. The van der Waals surface area contributed by atoms with Crippen LogP contribution in [0, 0.1) is 5.92 Å². The first-order chi connectivity index (χ1) is 16.7. The van der Waals surface area contributed by atoms with Crippen LogP contribution >= 0.6 is 11.8 Å². The molecule has 0 radical (unpaired) electrons. The lowest BCUT2D eigenvalue weighted by Gasteiger charge is -2.19. The fourth-order valence-electron chi connectivity index (χ4n) is 4.76. The summed E-state index contributed by atoms with van der Waals surface area (Å²) < 4.78 is 3.26. The Labute approximate surface area is 199 Å². The topological polar surface area (TPSA) is 96.0 Å². The smallest absolute Gasteiger partial charge is 0.312 e. The maximum absolute atomic E-state index is 13.4. The Morgan fingerprint density at radius 3 is 2.76 bits per heavy atom. The highest BCUT2D eigenvalue weighted by Crippen LogP contribution is 2.28. The molecule has 9 heteroatoms. The van der Waals surface area contributed by atoms with Gasteiger partial charge in [0.15, 0.2) is 0 Å². The predicted molar refractivity (Wildman–Crippen MR) is 128 cm³/mol. The number of H-pyrrole nitrogens is 1. The Morgan fingerprint density at radius 2 is 1.94 bits per heavy atom. The molecule has 2 aromatic heterocycles. The van der Waals surface area contributed by atoms with Gasteiger partial charge in [-0.3, -0.25) is 14.6 Å². The molecule has 3 aliphatic rings. The van der Waals surface area contributed by atoms with Gasteiger partial charge < -0.3 is 4.57 Å². The molecular formula is C25H23N6O2S+. The van der Waals surface area contributed by atoms with Crippen LogP contribution < -0.4 is 16.1 Å². The number of benzene rings is 1. The van der Waals surface area contributed by atoms with Gasteiger partial charge in [0.1, 0.15) is 5.92 Å². The number of aromatic nitrogens is 4. The minimum Gasteiger partial charge on any atom is -0.312 e. The summed E-state index contributed by atoms with van der Waals surface area (Å²) in [5.41, 5.74) is 1.73. The van der Waals surface area contributed by atoms with E-state index in [0.717, 1.165) is 31.4 Å². The summed E-state index contributed by atoms with van der Waals surface area (Å²) in [6, 6.07) is 12.2. The van der Waals surface area contributed by atoms with Crippen LogP contribution in [0.5, 0.6) is 0 Å². The number of rotatable bonds is 5. The average molecular weight is 472 g/mol. The predicted octanol–water partition coefficient (Wildman–Crippen LogP) is 2.24. The Morgan fingerprint density at radius 1 is 1.12 bits per heavy atom. The number of carbonyl (C=O) groups excluding carboxylic acids is 1. The standard InChI is InChI=1S/C25H23N6O2S/c32-22-18-14-19-21(26-20(18)10-12-30(22)17-8-4-5-9-17)11-13-31(23(19)33)24-27-25(29-28-24)34-15-16-6-2-1-3-7-16/h1-3,6-7,10-14,17,19H,4-5,8-9,15H2,(H,27,28,29)/q+1. The van der Waals surface area contributed by atoms with Crippen molar-refractivity contribution in [2.45, 2.75) is 42.6 Å². The number of amides is 1. The van der Waals surface area contributed by atoms with E-state index in [1.165, 1.54) is 21.9 Å². The maximum Gasteiger partial charge on any atom is 0.425 e. The summed E-state index contributed by atoms with van der Waals surface area (Å²) in [6.07, 6.45) is 11.4. The quantitative estimate of drug-likeness (QED) is 0.455. The van der Waals surface area contributed by atoms with E-state index >= 15 is 0 Å². The first-order valence-electron chi connectivity index (χ1n) is 11.5. The zero-order valence-electron chi connectivity index (χ0n) is 18.4. The number of nitrogens with one attached hydrogen (secondary N) is 1. The molecule has 0 spiro atoms. The fraction of sp³-hybridized carbons (Fsp3) is 0.280. The summed E-state index contributed by atoms with van der Waals surface area (Å²) in [5.74, 6) is 0.249. The van der Waals surface area contributed by atoms with Crippen molar-refractivity contribution in [3.05, 3.63) is 80.9 Å². The van der Waals surface area contributed by atoms with E-state index in [4.69, 9.17) is 0 Å². The number of carbonyl (C=O) groups is 1. The summed E-state index contributed by atoms with van der Waals surface area (Å²) in [5, 5.41) is 8.81. The van der Waals surface area contributed by atoms with Crippen molar-refractivity contribution in [1.82, 2.24) is 19.7 Å². The van der Waals surface area contributed by atoms with Gasteiger partial charge in [0.25, 0.3) is 10.7 Å². The number of pyridine rings is 1. The van der Waals surface area contributed by atoms with Crippen LogP contribution in [-0.4, -0.2) is 36.4 Å². The molecule has 3 aromatic rings. The summed E-state index contributed by atoms with van der Waals surface area (Å²) in [4.78, 5) is 35.7. The van der Waals surface area contributed by atoms with Crippen molar-refractivity contribution in [2.75, 3.05) is 0 Å². The second-order valence-corrected chi connectivity index (χ2v) is 9.63. The van der Waals surface area contributed by atoms with Gasteiger partial charge in [-0.1, -0.05) is 60.0 Å². The van der Waals surface area contributed by atoms with Gasteiger partial charge in [0, 0.05) is 18.0 Å². The van der Waals surface area contributed by atoms with E-state index in [1.54, 1.807) is 18.4 Å². The molecule has 8 nitrogen and oxygen atoms in total. The van der Waals surface area contributed by atoms with Gasteiger partial charge in [0.05, 0.1) is 22.5 Å². The molecule has 1 unspecified atom stereocenters. The third kappa shape index (κ3) is 3.75. The highest BCUT2D eigenvalue weighted by atomic mass is 32.2. The molecule has 34 heavy (non-hydrogen) atoms. The second-order valence-electron chi connectivity index (χ2n) is 8.69. The van der Waals surface area contributed by atoms with Crippen LogP contribution in [0.4, 0.5) is 5.95 Å². The molecule has 6 rings (SSSR count). The first-order valence-corrected chi connectivity index (χ1v) is 12.4. The average Bonchev–Trinajstić information content (AvgIpc) is 3.56. The maximum atomic E-state index is 13.4. The van der Waals surface area contributed by atoms with Gasteiger partial charge in [-0.2, -0.15) is 4.58 Å². The van der Waals surface area contributed by atoms with Crippen molar-refractivity contribution < 1.29 is 9.37 Å². The summed E-state index contributed by atoms with van der Waals surface area (Å²) in [6.45, 7) is 0. The van der Waals surface area contributed by atoms with Crippen molar-refractivity contribution in [1.29, 1.82) is 0 Å². The van der Waals surface area contributed by atoms with Crippen LogP contribution in [0.25, 0.3) is 6.08 Å². The molecule has 0 bridgehead atoms. The second kappa shape index (κ2) is 8.64. The summed E-state index contributed by atoms with van der Waals surface area (Å²) in [7, 11) is 0.